The number of rotatable bonds is 7. The number of methoxy groups -OCH3 is 1. The number of anilines is 1. The number of aryl methyl sites for hydroxylation is 1. The summed E-state index contributed by atoms with van der Waals surface area (Å²) >= 11 is 1.33. The number of pyridine rings is 1. The number of benzene rings is 2. The van der Waals surface area contributed by atoms with Crippen molar-refractivity contribution in [2.24, 2.45) is 0 Å². The first kappa shape index (κ1) is 20.6. The van der Waals surface area contributed by atoms with Crippen LogP contribution in [-0.2, 0) is 4.79 Å². The molecule has 0 aliphatic rings. The topological polar surface area (TPSA) is 81.9 Å². The summed E-state index contributed by atoms with van der Waals surface area (Å²) in [5, 5.41) is 12.2. The molecule has 31 heavy (non-hydrogen) atoms. The summed E-state index contributed by atoms with van der Waals surface area (Å²) in [6.45, 7) is 2.03. The van der Waals surface area contributed by atoms with Crippen LogP contribution in [0.1, 0.15) is 5.56 Å². The van der Waals surface area contributed by atoms with E-state index in [0.717, 1.165) is 17.0 Å². The molecule has 0 saturated carbocycles. The zero-order chi connectivity index (χ0) is 21.6. The number of hydrogen-bond acceptors (Lipinski definition) is 6. The predicted molar refractivity (Wildman–Crippen MR) is 122 cm³/mol. The van der Waals surface area contributed by atoms with Gasteiger partial charge < -0.3 is 10.1 Å². The van der Waals surface area contributed by atoms with Crippen LogP contribution in [0.3, 0.4) is 0 Å². The van der Waals surface area contributed by atoms with Crippen LogP contribution in [0, 0.1) is 6.92 Å². The molecule has 0 aliphatic carbocycles. The number of carbonyl (C=O) groups excluding carboxylic acids is 1. The number of para-hydroxylation sites is 1. The van der Waals surface area contributed by atoms with Crippen molar-refractivity contribution >= 4 is 23.4 Å². The molecule has 7 nitrogen and oxygen atoms in total. The number of nitrogens with zero attached hydrogens (tertiary/aromatic N) is 4. The molecule has 0 atom stereocenters. The molecule has 4 rings (SSSR count). The van der Waals surface area contributed by atoms with Gasteiger partial charge in [-0.05, 0) is 55.0 Å². The number of ether oxygens (including phenoxy) is 1. The van der Waals surface area contributed by atoms with Gasteiger partial charge in [0.15, 0.2) is 11.0 Å². The lowest BCUT2D eigenvalue weighted by Crippen LogP contribution is -2.14. The molecule has 0 fully saturated rings. The van der Waals surface area contributed by atoms with Gasteiger partial charge in [0.25, 0.3) is 0 Å². The van der Waals surface area contributed by atoms with Crippen LogP contribution in [0.25, 0.3) is 17.2 Å². The summed E-state index contributed by atoms with van der Waals surface area (Å²) in [5.74, 6) is 1.43. The van der Waals surface area contributed by atoms with Gasteiger partial charge >= 0.3 is 0 Å². The van der Waals surface area contributed by atoms with E-state index >= 15 is 0 Å². The van der Waals surface area contributed by atoms with E-state index < -0.39 is 0 Å². The second-order valence-electron chi connectivity index (χ2n) is 6.71. The summed E-state index contributed by atoms with van der Waals surface area (Å²) in [6.07, 6.45) is 1.72. The van der Waals surface area contributed by atoms with E-state index in [0.29, 0.717) is 22.4 Å². The van der Waals surface area contributed by atoms with Crippen molar-refractivity contribution < 1.29 is 9.53 Å². The first-order valence-electron chi connectivity index (χ1n) is 9.65. The summed E-state index contributed by atoms with van der Waals surface area (Å²) in [5.41, 5.74) is 3.45. The minimum absolute atomic E-state index is 0.131. The Morgan fingerprint density at radius 2 is 1.81 bits per heavy atom. The quantitative estimate of drug-likeness (QED) is 0.438. The Hall–Kier alpha value is -3.65. The average Bonchev–Trinajstić information content (AvgIpc) is 3.23. The number of hydrogen-bond donors (Lipinski definition) is 1. The van der Waals surface area contributed by atoms with E-state index in [2.05, 4.69) is 20.5 Å². The zero-order valence-corrected chi connectivity index (χ0v) is 18.0. The molecule has 156 valence electrons. The molecule has 0 aliphatic heterocycles. The van der Waals surface area contributed by atoms with E-state index in [4.69, 9.17) is 4.74 Å². The zero-order valence-electron chi connectivity index (χ0n) is 17.1. The molecule has 2 aromatic heterocycles. The minimum Gasteiger partial charge on any atom is -0.497 e. The van der Waals surface area contributed by atoms with E-state index in [-0.39, 0.29) is 11.7 Å². The Kier molecular flexibility index (Phi) is 6.28. The molecule has 1 N–H and O–H groups in total. The molecule has 4 aromatic rings. The molecule has 0 spiro atoms. The van der Waals surface area contributed by atoms with E-state index in [9.17, 15) is 4.79 Å². The second kappa shape index (κ2) is 9.44. The maximum Gasteiger partial charge on any atom is 0.234 e. The van der Waals surface area contributed by atoms with Gasteiger partial charge in [-0.3, -0.25) is 14.3 Å². The summed E-state index contributed by atoms with van der Waals surface area (Å²) in [6, 6.07) is 20.9. The molecule has 0 saturated heterocycles. The minimum atomic E-state index is -0.131. The van der Waals surface area contributed by atoms with Crippen LogP contribution in [0.4, 0.5) is 5.69 Å². The fraction of sp³-hybridized carbons (Fsp3) is 0.130. The van der Waals surface area contributed by atoms with Gasteiger partial charge in [-0.1, -0.05) is 36.0 Å². The molecule has 1 amide bonds. The van der Waals surface area contributed by atoms with Crippen molar-refractivity contribution in [1.29, 1.82) is 0 Å². The standard InChI is InChI=1S/C23H21N5O2S/c1-16-7-3-4-9-20(16)28-22(19-8-5-6-14-24-19)26-27-23(28)31-15-21(29)25-17-10-12-18(30-2)13-11-17/h3-14H,15H2,1-2H3,(H,25,29). The van der Waals surface area contributed by atoms with Gasteiger partial charge in [0.05, 0.1) is 18.6 Å². The molecular formula is C23H21N5O2S. The van der Waals surface area contributed by atoms with Crippen molar-refractivity contribution in [1.82, 2.24) is 19.7 Å². The van der Waals surface area contributed by atoms with E-state index in [1.54, 1.807) is 37.6 Å². The Morgan fingerprint density at radius 3 is 2.52 bits per heavy atom. The third-order valence-electron chi connectivity index (χ3n) is 4.59. The van der Waals surface area contributed by atoms with Crippen LogP contribution >= 0.6 is 11.8 Å². The Balaban J connectivity index is 1.57. The molecule has 0 bridgehead atoms. The maximum absolute atomic E-state index is 12.5. The number of aromatic nitrogens is 4. The Labute approximate surface area is 184 Å². The van der Waals surface area contributed by atoms with Crippen molar-refractivity contribution in [3.05, 3.63) is 78.5 Å². The fourth-order valence-electron chi connectivity index (χ4n) is 3.06. The van der Waals surface area contributed by atoms with Crippen molar-refractivity contribution in [3.8, 4) is 23.0 Å². The molecule has 0 unspecified atom stereocenters. The van der Waals surface area contributed by atoms with Crippen LogP contribution < -0.4 is 10.1 Å². The largest absolute Gasteiger partial charge is 0.497 e. The van der Waals surface area contributed by atoms with Gasteiger partial charge in [-0.2, -0.15) is 0 Å². The lowest BCUT2D eigenvalue weighted by atomic mass is 10.2. The van der Waals surface area contributed by atoms with Crippen LogP contribution in [0.5, 0.6) is 5.75 Å². The van der Waals surface area contributed by atoms with E-state index in [1.807, 2.05) is 54.0 Å². The number of thioether (sulfide) groups is 1. The second-order valence-corrected chi connectivity index (χ2v) is 7.65. The average molecular weight is 432 g/mol. The maximum atomic E-state index is 12.5. The lowest BCUT2D eigenvalue weighted by Gasteiger charge is -2.12. The number of carbonyl (C=O) groups is 1. The summed E-state index contributed by atoms with van der Waals surface area (Å²) in [4.78, 5) is 16.9. The lowest BCUT2D eigenvalue weighted by molar-refractivity contribution is -0.113. The first-order valence-corrected chi connectivity index (χ1v) is 10.6. The van der Waals surface area contributed by atoms with Crippen molar-refractivity contribution in [3.63, 3.8) is 0 Å². The van der Waals surface area contributed by atoms with Crippen LogP contribution in [0.2, 0.25) is 0 Å². The highest BCUT2D eigenvalue weighted by Gasteiger charge is 2.19. The number of nitrogens with one attached hydrogen (secondary N) is 1. The number of amides is 1. The molecule has 2 aromatic carbocycles. The Bertz CT molecular complexity index is 1180. The molecule has 0 radical (unpaired) electrons. The third kappa shape index (κ3) is 4.75. The molecular weight excluding hydrogens is 410 g/mol. The normalized spacial score (nSPS) is 10.6. The fourth-order valence-corrected chi connectivity index (χ4v) is 3.80. The third-order valence-corrected chi connectivity index (χ3v) is 5.52. The van der Waals surface area contributed by atoms with Gasteiger partial charge in [0, 0.05) is 11.9 Å². The monoisotopic (exact) mass is 431 g/mol. The Morgan fingerprint density at radius 1 is 1.03 bits per heavy atom. The summed E-state index contributed by atoms with van der Waals surface area (Å²) in [7, 11) is 1.61. The summed E-state index contributed by atoms with van der Waals surface area (Å²) < 4.78 is 7.09. The van der Waals surface area contributed by atoms with E-state index in [1.165, 1.54) is 11.8 Å². The van der Waals surface area contributed by atoms with Crippen LogP contribution in [-0.4, -0.2) is 38.5 Å². The van der Waals surface area contributed by atoms with Crippen molar-refractivity contribution in [2.75, 3.05) is 18.2 Å². The van der Waals surface area contributed by atoms with Gasteiger partial charge in [0.1, 0.15) is 11.4 Å². The van der Waals surface area contributed by atoms with Crippen molar-refractivity contribution in [2.45, 2.75) is 12.1 Å². The predicted octanol–water partition coefficient (Wildman–Crippen LogP) is 4.38. The highest BCUT2D eigenvalue weighted by molar-refractivity contribution is 7.99. The first-order chi connectivity index (χ1) is 15.2. The van der Waals surface area contributed by atoms with Gasteiger partial charge in [-0.25, -0.2) is 0 Å². The van der Waals surface area contributed by atoms with Gasteiger partial charge in [0.2, 0.25) is 5.91 Å². The highest BCUT2D eigenvalue weighted by atomic mass is 32.2. The van der Waals surface area contributed by atoms with Gasteiger partial charge in [-0.15, -0.1) is 10.2 Å². The molecule has 2 heterocycles. The SMILES string of the molecule is COc1ccc(NC(=O)CSc2nnc(-c3ccccn3)n2-c2ccccc2C)cc1. The highest BCUT2D eigenvalue weighted by Crippen LogP contribution is 2.28. The molecule has 8 heteroatoms. The van der Waals surface area contributed by atoms with Crippen LogP contribution in [0.15, 0.2) is 78.1 Å². The smallest absolute Gasteiger partial charge is 0.234 e.